The minimum absolute atomic E-state index is 0.00370. The Hall–Kier alpha value is -2.54. The maximum atomic E-state index is 13.2. The number of allylic oxidation sites excluding steroid dienone is 1. The van der Waals surface area contributed by atoms with Gasteiger partial charge in [-0.3, -0.25) is 9.59 Å². The van der Waals surface area contributed by atoms with Crippen molar-refractivity contribution in [3.8, 4) is 0 Å². The van der Waals surface area contributed by atoms with Gasteiger partial charge in [-0.2, -0.15) is 4.58 Å². The van der Waals surface area contributed by atoms with Gasteiger partial charge in [0, 0.05) is 19.5 Å². The van der Waals surface area contributed by atoms with E-state index >= 15 is 0 Å². The van der Waals surface area contributed by atoms with Gasteiger partial charge in [0.25, 0.3) is 0 Å². The van der Waals surface area contributed by atoms with Gasteiger partial charge in [0.05, 0.1) is 13.0 Å². The average Bonchev–Trinajstić information content (AvgIpc) is 3.21. The highest BCUT2D eigenvalue weighted by atomic mass is 19.1. The number of piperazine rings is 1. The maximum Gasteiger partial charge on any atom is 0.323 e. The van der Waals surface area contributed by atoms with Gasteiger partial charge in [0.2, 0.25) is 11.5 Å². The second-order valence-corrected chi connectivity index (χ2v) is 7.72. The number of aliphatic hydroxyl groups is 1. The molecular weight excluding hydrogens is 361 g/mol. The number of likely N-dealkylation sites (tertiary alicyclic amines) is 1. The Bertz CT molecular complexity index is 841. The normalized spacial score (nSPS) is 23.2. The van der Waals surface area contributed by atoms with Gasteiger partial charge in [-0.05, 0) is 43.6 Å². The van der Waals surface area contributed by atoms with Crippen LogP contribution in [0.4, 0.5) is 4.39 Å². The lowest BCUT2D eigenvalue weighted by molar-refractivity contribution is -0.522. The minimum atomic E-state index is -0.442. The summed E-state index contributed by atoms with van der Waals surface area (Å²) in [6, 6.07) is 6.05. The quantitative estimate of drug-likeness (QED) is 0.785. The Morgan fingerprint density at radius 2 is 1.86 bits per heavy atom. The number of halogens is 1. The highest BCUT2D eigenvalue weighted by Gasteiger charge is 2.46. The monoisotopic (exact) mass is 386 g/mol. The molecule has 3 aliphatic rings. The summed E-state index contributed by atoms with van der Waals surface area (Å²) in [5, 5.41) is 10.3. The fraction of sp³-hybridized carbons (Fsp3) is 0.476. The molecule has 1 aromatic rings. The molecule has 1 atom stereocenters. The first kappa shape index (κ1) is 18.8. The fourth-order valence-electron chi connectivity index (χ4n) is 4.26. The van der Waals surface area contributed by atoms with Crippen LogP contribution in [0.1, 0.15) is 31.2 Å². The lowest BCUT2D eigenvalue weighted by Gasteiger charge is -2.33. The van der Waals surface area contributed by atoms with Crippen LogP contribution in [-0.4, -0.2) is 69.6 Å². The van der Waals surface area contributed by atoms with E-state index in [1.54, 1.807) is 27.8 Å². The van der Waals surface area contributed by atoms with Crippen molar-refractivity contribution in [1.82, 2.24) is 9.80 Å². The van der Waals surface area contributed by atoms with E-state index in [-0.39, 0.29) is 29.9 Å². The second kappa shape index (κ2) is 7.83. The lowest BCUT2D eigenvalue weighted by Crippen LogP contribution is -2.53. The van der Waals surface area contributed by atoms with Gasteiger partial charge < -0.3 is 14.9 Å². The zero-order chi connectivity index (χ0) is 19.7. The number of ketones is 1. The van der Waals surface area contributed by atoms with Crippen LogP contribution in [0.2, 0.25) is 0 Å². The van der Waals surface area contributed by atoms with E-state index in [1.165, 1.54) is 25.0 Å². The van der Waals surface area contributed by atoms with E-state index in [2.05, 4.69) is 4.90 Å². The van der Waals surface area contributed by atoms with E-state index in [0.29, 0.717) is 13.1 Å². The average molecular weight is 386 g/mol. The van der Waals surface area contributed by atoms with Crippen molar-refractivity contribution in [3.63, 3.8) is 0 Å². The molecule has 1 unspecified atom stereocenters. The maximum absolute atomic E-state index is 13.2. The molecule has 7 heteroatoms. The van der Waals surface area contributed by atoms with E-state index in [9.17, 15) is 19.1 Å². The molecule has 6 nitrogen and oxygen atoms in total. The zero-order valence-corrected chi connectivity index (χ0v) is 15.8. The molecule has 2 saturated heterocycles. The van der Waals surface area contributed by atoms with Crippen LogP contribution in [0.15, 0.2) is 35.7 Å². The second-order valence-electron chi connectivity index (χ2n) is 7.72. The van der Waals surface area contributed by atoms with Crippen LogP contribution in [0, 0.1) is 5.82 Å². The van der Waals surface area contributed by atoms with Crippen LogP contribution in [0.25, 0.3) is 0 Å². The third kappa shape index (κ3) is 3.71. The van der Waals surface area contributed by atoms with Crippen molar-refractivity contribution in [1.29, 1.82) is 0 Å². The molecule has 1 amide bonds. The summed E-state index contributed by atoms with van der Waals surface area (Å²) in [6.45, 7) is 3.95. The van der Waals surface area contributed by atoms with E-state index in [0.717, 1.165) is 31.6 Å². The van der Waals surface area contributed by atoms with Crippen LogP contribution >= 0.6 is 0 Å². The summed E-state index contributed by atoms with van der Waals surface area (Å²) in [4.78, 5) is 29.1. The van der Waals surface area contributed by atoms with Gasteiger partial charge in [0.1, 0.15) is 5.82 Å². The molecule has 0 radical (unpaired) electrons. The Morgan fingerprint density at radius 1 is 1.14 bits per heavy atom. The number of benzene rings is 1. The number of fused-ring (bicyclic) bond motifs is 1. The minimum Gasteiger partial charge on any atom is -0.500 e. The molecule has 0 bridgehead atoms. The standard InChI is InChI=1S/C21H24FN3O3/c22-16-5-3-15(4-6-16)13-24-14-17(7-11-23-9-1-2-10-23)25-12-8-18(26)20(27)19(25)21(24)28/h3-6,12,17H,1-2,7-11,13-14H2/p+1. The highest BCUT2D eigenvalue weighted by Crippen LogP contribution is 2.25. The topological polar surface area (TPSA) is 63.9 Å². The molecule has 0 saturated carbocycles. The third-order valence-electron chi connectivity index (χ3n) is 5.80. The number of amides is 1. The predicted octanol–water partition coefficient (Wildman–Crippen LogP) is 1.85. The van der Waals surface area contributed by atoms with Crippen LogP contribution in [-0.2, 0) is 16.1 Å². The number of hydrogen-bond acceptors (Lipinski definition) is 4. The third-order valence-corrected chi connectivity index (χ3v) is 5.80. The number of carbonyl (C=O) groups excluding carboxylic acids is 2. The summed E-state index contributed by atoms with van der Waals surface area (Å²) in [7, 11) is 0. The van der Waals surface area contributed by atoms with E-state index in [4.69, 9.17) is 0 Å². The summed E-state index contributed by atoms with van der Waals surface area (Å²) in [5.74, 6) is -1.55. The fourth-order valence-corrected chi connectivity index (χ4v) is 4.26. The smallest absolute Gasteiger partial charge is 0.323 e. The summed E-state index contributed by atoms with van der Waals surface area (Å²) < 4.78 is 15.0. The highest BCUT2D eigenvalue weighted by molar-refractivity contribution is 6.08. The van der Waals surface area contributed by atoms with Gasteiger partial charge in [0.15, 0.2) is 12.3 Å². The van der Waals surface area contributed by atoms with Crippen molar-refractivity contribution in [2.24, 2.45) is 0 Å². The van der Waals surface area contributed by atoms with E-state index in [1.807, 2.05) is 0 Å². The SMILES string of the molecule is O=C1CC=[N+]2C(=C1O)C(=O)N(Cc1ccc(F)cc1)CC2CCN1CCCC1. The number of carbonyl (C=O) groups is 2. The molecule has 1 N–H and O–H groups in total. The largest absolute Gasteiger partial charge is 0.500 e. The first-order valence-corrected chi connectivity index (χ1v) is 9.87. The molecule has 0 aliphatic carbocycles. The molecule has 0 spiro atoms. The van der Waals surface area contributed by atoms with Gasteiger partial charge in [-0.25, -0.2) is 4.39 Å². The van der Waals surface area contributed by atoms with Crippen molar-refractivity contribution >= 4 is 17.9 Å². The summed E-state index contributed by atoms with van der Waals surface area (Å²) in [5.41, 5.74) is 0.892. The first-order chi connectivity index (χ1) is 13.5. The first-order valence-electron chi connectivity index (χ1n) is 9.87. The molecule has 0 aromatic heterocycles. The molecule has 3 aliphatic heterocycles. The van der Waals surface area contributed by atoms with Crippen molar-refractivity contribution in [3.05, 3.63) is 47.1 Å². The molecule has 4 rings (SSSR count). The number of rotatable bonds is 5. The Morgan fingerprint density at radius 3 is 2.57 bits per heavy atom. The number of nitrogens with zero attached hydrogens (tertiary/aromatic N) is 3. The van der Waals surface area contributed by atoms with Crippen LogP contribution < -0.4 is 0 Å². The van der Waals surface area contributed by atoms with Crippen LogP contribution in [0.5, 0.6) is 0 Å². The lowest BCUT2D eigenvalue weighted by atomic mass is 10.0. The molecule has 148 valence electrons. The molecular formula is C21H25FN3O3+. The number of hydrogen-bond donors (Lipinski definition) is 1. The van der Waals surface area contributed by atoms with Crippen LogP contribution in [0.3, 0.4) is 0 Å². The van der Waals surface area contributed by atoms with Crippen molar-refractivity contribution in [2.75, 3.05) is 26.2 Å². The molecule has 1 aromatic carbocycles. The predicted molar refractivity (Wildman–Crippen MR) is 101 cm³/mol. The number of Topliss-reactive ketones (excluding diaryl/α,β-unsaturated/α-hetero) is 1. The Labute approximate surface area is 163 Å². The van der Waals surface area contributed by atoms with Crippen molar-refractivity contribution in [2.45, 2.75) is 38.3 Å². The van der Waals surface area contributed by atoms with Gasteiger partial charge in [-0.15, -0.1) is 0 Å². The number of aliphatic hydroxyl groups excluding tert-OH is 1. The summed E-state index contributed by atoms with van der Waals surface area (Å²) in [6.07, 6.45) is 5.13. The molecule has 2 fully saturated rings. The van der Waals surface area contributed by atoms with Gasteiger partial charge >= 0.3 is 11.6 Å². The molecule has 28 heavy (non-hydrogen) atoms. The molecule has 3 heterocycles. The van der Waals surface area contributed by atoms with Crippen molar-refractivity contribution < 1.29 is 23.7 Å². The zero-order valence-electron chi connectivity index (χ0n) is 15.8. The van der Waals surface area contributed by atoms with E-state index < -0.39 is 11.5 Å². The van der Waals surface area contributed by atoms with Gasteiger partial charge in [-0.1, -0.05) is 12.1 Å². The Kier molecular flexibility index (Phi) is 5.26. The summed E-state index contributed by atoms with van der Waals surface area (Å²) >= 11 is 0. The Balaban J connectivity index is 1.57.